The van der Waals surface area contributed by atoms with Gasteiger partial charge in [0.2, 0.25) is 0 Å². The molecule has 0 aliphatic carbocycles. The van der Waals surface area contributed by atoms with E-state index >= 15 is 0 Å². The first kappa shape index (κ1) is 18.4. The van der Waals surface area contributed by atoms with Gasteiger partial charge in [0.05, 0.1) is 4.88 Å². The fraction of sp³-hybridized carbons (Fsp3) is 0.227. The summed E-state index contributed by atoms with van der Waals surface area (Å²) in [6, 6.07) is 25.0. The molecule has 134 valence electrons. The summed E-state index contributed by atoms with van der Waals surface area (Å²) < 4.78 is 0. The van der Waals surface area contributed by atoms with Crippen LogP contribution in [0, 0.1) is 0 Å². The van der Waals surface area contributed by atoms with Crippen LogP contribution in [0.4, 0.5) is 0 Å². The van der Waals surface area contributed by atoms with Crippen molar-refractivity contribution in [1.82, 2.24) is 5.32 Å². The Morgan fingerprint density at radius 2 is 1.62 bits per heavy atom. The van der Waals surface area contributed by atoms with E-state index in [0.717, 1.165) is 0 Å². The van der Waals surface area contributed by atoms with Crippen molar-refractivity contribution >= 4 is 17.2 Å². The lowest BCUT2D eigenvalue weighted by molar-refractivity contribution is -0.676. The highest BCUT2D eigenvalue weighted by molar-refractivity contribution is 7.10. The molecule has 1 amide bonds. The first-order valence-electron chi connectivity index (χ1n) is 8.97. The number of rotatable bonds is 8. The van der Waals surface area contributed by atoms with Gasteiger partial charge in [0.15, 0.2) is 6.54 Å². The second-order valence-electron chi connectivity index (χ2n) is 6.46. The number of thiophene rings is 1. The summed E-state index contributed by atoms with van der Waals surface area (Å²) in [7, 11) is 0. The number of hydrogen-bond donors (Lipinski definition) is 2. The maximum atomic E-state index is 12.3. The van der Waals surface area contributed by atoms with Crippen molar-refractivity contribution < 1.29 is 10.1 Å². The average molecular weight is 366 g/mol. The number of quaternary nitrogens is 1. The van der Waals surface area contributed by atoms with E-state index in [4.69, 9.17) is 0 Å². The van der Waals surface area contributed by atoms with Crippen LogP contribution in [-0.4, -0.2) is 19.0 Å². The minimum atomic E-state index is 0.0743. The van der Waals surface area contributed by atoms with Crippen LogP contribution in [0.2, 0.25) is 0 Å². The van der Waals surface area contributed by atoms with E-state index in [1.807, 2.05) is 36.4 Å². The van der Waals surface area contributed by atoms with Crippen LogP contribution in [0.3, 0.4) is 0 Å². The van der Waals surface area contributed by atoms with Crippen molar-refractivity contribution in [3.8, 4) is 0 Å². The van der Waals surface area contributed by atoms with Crippen molar-refractivity contribution in [1.29, 1.82) is 0 Å². The van der Waals surface area contributed by atoms with E-state index in [-0.39, 0.29) is 11.9 Å². The summed E-state index contributed by atoms with van der Waals surface area (Å²) in [4.78, 5) is 13.6. The van der Waals surface area contributed by atoms with Crippen LogP contribution in [0.5, 0.6) is 0 Å². The Kier molecular flexibility index (Phi) is 6.58. The summed E-state index contributed by atoms with van der Waals surface area (Å²) in [5.74, 6) is 0.382. The summed E-state index contributed by atoms with van der Waals surface area (Å²) in [5, 5.41) is 7.27. The van der Waals surface area contributed by atoms with Crippen molar-refractivity contribution in [3.05, 3.63) is 94.2 Å². The third-order valence-corrected chi connectivity index (χ3v) is 5.48. The molecule has 3 nitrogen and oxygen atoms in total. The molecule has 0 spiro atoms. The summed E-state index contributed by atoms with van der Waals surface area (Å²) in [6.07, 6.45) is 0. The minimum absolute atomic E-state index is 0.0743. The highest BCUT2D eigenvalue weighted by atomic mass is 32.1. The molecule has 0 bridgehead atoms. The van der Waals surface area contributed by atoms with Crippen LogP contribution >= 0.6 is 11.3 Å². The standard InChI is InChI=1S/C22H24N2OS/c1-17(18-9-4-2-5-10-18)15-23-21(25)16-24-22(20-13-8-14-26-20)19-11-6-3-7-12-19/h2-14,17,22,24H,15-16H2,1H3,(H,23,25)/p+1/t17-,22+/m0/s1. The molecule has 0 saturated heterocycles. The number of nitrogens with two attached hydrogens (primary N) is 1. The van der Waals surface area contributed by atoms with Crippen molar-refractivity contribution in [2.24, 2.45) is 0 Å². The third-order valence-electron chi connectivity index (χ3n) is 4.52. The molecular weight excluding hydrogens is 340 g/mol. The second kappa shape index (κ2) is 9.32. The minimum Gasteiger partial charge on any atom is -0.351 e. The van der Waals surface area contributed by atoms with E-state index in [0.29, 0.717) is 19.0 Å². The molecule has 1 aromatic heterocycles. The van der Waals surface area contributed by atoms with Crippen molar-refractivity contribution in [2.45, 2.75) is 18.9 Å². The van der Waals surface area contributed by atoms with E-state index in [1.165, 1.54) is 16.0 Å². The number of hydrogen-bond acceptors (Lipinski definition) is 2. The monoisotopic (exact) mass is 365 g/mol. The Balaban J connectivity index is 1.55. The maximum Gasteiger partial charge on any atom is 0.275 e. The highest BCUT2D eigenvalue weighted by Gasteiger charge is 2.19. The number of carbonyl (C=O) groups excluding carboxylic acids is 1. The van der Waals surface area contributed by atoms with Crippen molar-refractivity contribution in [2.75, 3.05) is 13.1 Å². The van der Waals surface area contributed by atoms with Crippen LogP contribution < -0.4 is 10.6 Å². The Morgan fingerprint density at radius 3 is 2.23 bits per heavy atom. The fourth-order valence-electron chi connectivity index (χ4n) is 3.01. The average Bonchev–Trinajstić information content (AvgIpc) is 3.22. The van der Waals surface area contributed by atoms with Gasteiger partial charge < -0.3 is 10.6 Å². The molecule has 3 rings (SSSR count). The number of amides is 1. The first-order chi connectivity index (χ1) is 12.7. The van der Waals surface area contributed by atoms with Crippen LogP contribution in [0.1, 0.15) is 34.9 Å². The summed E-state index contributed by atoms with van der Waals surface area (Å²) in [5.41, 5.74) is 2.47. The van der Waals surface area contributed by atoms with Gasteiger partial charge in [-0.15, -0.1) is 11.3 Å². The Labute approximate surface area is 159 Å². The topological polar surface area (TPSA) is 45.7 Å². The molecule has 0 fully saturated rings. The van der Waals surface area contributed by atoms with Gasteiger partial charge in [-0.1, -0.05) is 73.7 Å². The van der Waals surface area contributed by atoms with E-state index < -0.39 is 0 Å². The SMILES string of the molecule is C[C@@H](CNC(=O)C[NH2+][C@H](c1ccccc1)c1cccs1)c1ccccc1. The quantitative estimate of drug-likeness (QED) is 0.632. The van der Waals surface area contributed by atoms with Gasteiger partial charge in [-0.3, -0.25) is 4.79 Å². The lowest BCUT2D eigenvalue weighted by Crippen LogP contribution is -2.87. The zero-order valence-electron chi connectivity index (χ0n) is 15.0. The molecule has 0 aliphatic rings. The lowest BCUT2D eigenvalue weighted by atomic mass is 10.0. The Hall–Kier alpha value is -2.43. The zero-order chi connectivity index (χ0) is 18.2. The Morgan fingerprint density at radius 1 is 0.962 bits per heavy atom. The Bertz CT molecular complexity index is 788. The zero-order valence-corrected chi connectivity index (χ0v) is 15.8. The largest absolute Gasteiger partial charge is 0.351 e. The molecule has 4 heteroatoms. The highest BCUT2D eigenvalue weighted by Crippen LogP contribution is 2.22. The van der Waals surface area contributed by atoms with Crippen molar-refractivity contribution in [3.63, 3.8) is 0 Å². The van der Waals surface area contributed by atoms with Crippen LogP contribution in [0.25, 0.3) is 0 Å². The molecule has 0 saturated carbocycles. The first-order valence-corrected chi connectivity index (χ1v) is 9.85. The van der Waals surface area contributed by atoms with E-state index in [9.17, 15) is 4.79 Å². The number of carbonyl (C=O) groups is 1. The molecule has 3 aromatic rings. The van der Waals surface area contributed by atoms with Gasteiger partial charge in [-0.05, 0) is 22.9 Å². The molecule has 3 N–H and O–H groups in total. The summed E-state index contributed by atoms with van der Waals surface area (Å²) >= 11 is 1.73. The molecule has 1 heterocycles. The van der Waals surface area contributed by atoms with Crippen LogP contribution in [0.15, 0.2) is 78.2 Å². The molecule has 0 unspecified atom stereocenters. The van der Waals surface area contributed by atoms with Gasteiger partial charge in [0.25, 0.3) is 5.91 Å². The van der Waals surface area contributed by atoms with Crippen LogP contribution in [-0.2, 0) is 4.79 Å². The van der Waals surface area contributed by atoms with Gasteiger partial charge in [-0.25, -0.2) is 0 Å². The summed E-state index contributed by atoms with van der Waals surface area (Å²) in [6.45, 7) is 3.21. The smallest absolute Gasteiger partial charge is 0.275 e. The predicted molar refractivity (Wildman–Crippen MR) is 107 cm³/mol. The van der Waals surface area contributed by atoms with E-state index in [2.05, 4.69) is 59.3 Å². The van der Waals surface area contributed by atoms with Gasteiger partial charge in [0.1, 0.15) is 6.04 Å². The number of nitrogens with one attached hydrogen (secondary N) is 1. The molecular formula is C22H25N2OS+. The molecule has 26 heavy (non-hydrogen) atoms. The second-order valence-corrected chi connectivity index (χ2v) is 7.44. The molecule has 2 atom stereocenters. The predicted octanol–water partition coefficient (Wildman–Crippen LogP) is 3.32. The van der Waals surface area contributed by atoms with Gasteiger partial charge >= 0.3 is 0 Å². The van der Waals surface area contributed by atoms with Gasteiger partial charge in [-0.2, -0.15) is 0 Å². The molecule has 0 aliphatic heterocycles. The maximum absolute atomic E-state index is 12.3. The van der Waals surface area contributed by atoms with E-state index in [1.54, 1.807) is 11.3 Å². The van der Waals surface area contributed by atoms with Gasteiger partial charge in [0, 0.05) is 12.1 Å². The number of benzene rings is 2. The normalized spacial score (nSPS) is 13.1. The molecule has 0 radical (unpaired) electrons. The third kappa shape index (κ3) is 5.04. The lowest BCUT2D eigenvalue weighted by Gasteiger charge is -2.16. The molecule has 2 aromatic carbocycles. The fourth-order valence-corrected chi connectivity index (χ4v) is 3.86.